The molecule has 0 aliphatic rings. The van der Waals surface area contributed by atoms with Crippen molar-refractivity contribution in [3.63, 3.8) is 0 Å². The zero-order valence-electron chi connectivity index (χ0n) is 15.5. The van der Waals surface area contributed by atoms with Crippen LogP contribution in [0.4, 0.5) is 0 Å². The topological polar surface area (TPSA) is 56.7 Å². The summed E-state index contributed by atoms with van der Waals surface area (Å²) in [5.41, 5.74) is 4.78. The maximum absolute atomic E-state index is 10.0. The zero-order chi connectivity index (χ0) is 19.3. The number of quaternary nitrogens is 1. The summed E-state index contributed by atoms with van der Waals surface area (Å²) in [5, 5.41) is 12.4. The molecule has 0 bridgehead atoms. The number of hydrogen-bond donors (Lipinski definition) is 1. The molecular weight excluding hydrogens is 334 g/mol. The van der Waals surface area contributed by atoms with E-state index in [1.807, 2.05) is 31.2 Å². The third kappa shape index (κ3) is 8.66. The molecule has 0 fully saturated rings. The first-order valence-corrected chi connectivity index (χ1v) is 8.99. The van der Waals surface area contributed by atoms with Crippen LogP contribution in [-0.2, 0) is 17.9 Å². The van der Waals surface area contributed by atoms with Crippen LogP contribution < -0.4 is 10.4 Å². The van der Waals surface area contributed by atoms with Gasteiger partial charge >= 0.3 is 0 Å². The summed E-state index contributed by atoms with van der Waals surface area (Å²) in [6.07, 6.45) is 2.53. The Balaban J connectivity index is 0.000000199. The highest BCUT2D eigenvalue weighted by Crippen LogP contribution is 2.04. The molecule has 2 N–H and O–H groups in total. The number of hydrogen-bond acceptors (Lipinski definition) is 2. The summed E-state index contributed by atoms with van der Waals surface area (Å²) in [5.74, 6) is -1.17. The lowest BCUT2D eigenvalue weighted by atomic mass is 10.1. The molecular formula is C24H25NO2. The second-order valence-electron chi connectivity index (χ2n) is 6.23. The Morgan fingerprint density at radius 1 is 0.815 bits per heavy atom. The molecule has 3 rings (SSSR count). The Labute approximate surface area is 161 Å². The van der Waals surface area contributed by atoms with Crippen LogP contribution in [0, 0.1) is 6.92 Å². The van der Waals surface area contributed by atoms with Gasteiger partial charge in [0.15, 0.2) is 0 Å². The van der Waals surface area contributed by atoms with E-state index in [-0.39, 0.29) is 0 Å². The lowest BCUT2D eigenvalue weighted by Gasteiger charge is -2.01. The Hall–Kier alpha value is -3.17. The van der Waals surface area contributed by atoms with Crippen molar-refractivity contribution in [2.24, 2.45) is 0 Å². The van der Waals surface area contributed by atoms with Gasteiger partial charge in [-0.05, 0) is 18.6 Å². The van der Waals surface area contributed by atoms with E-state index in [4.69, 9.17) is 0 Å². The van der Waals surface area contributed by atoms with E-state index >= 15 is 0 Å². The number of nitrogens with two attached hydrogens (primary N) is 1. The normalized spacial score (nSPS) is 10.3. The Bertz CT molecular complexity index is 786. The molecule has 0 unspecified atom stereocenters. The van der Waals surface area contributed by atoms with Crippen molar-refractivity contribution >= 4 is 12.0 Å². The van der Waals surface area contributed by atoms with E-state index in [2.05, 4.69) is 66.0 Å². The third-order valence-electron chi connectivity index (χ3n) is 3.93. The first-order valence-electron chi connectivity index (χ1n) is 8.99. The largest absolute Gasteiger partial charge is 0.545 e. The first-order chi connectivity index (χ1) is 13.1. The zero-order valence-corrected chi connectivity index (χ0v) is 15.5. The molecule has 3 aromatic carbocycles. The highest BCUT2D eigenvalue weighted by Gasteiger charge is 1.95. The van der Waals surface area contributed by atoms with E-state index in [0.717, 1.165) is 30.3 Å². The van der Waals surface area contributed by atoms with Gasteiger partial charge in [0.25, 0.3) is 0 Å². The number of carboxylic acid groups (broad SMARTS) is 1. The van der Waals surface area contributed by atoms with Crippen LogP contribution in [-0.4, -0.2) is 5.97 Å². The molecule has 0 heterocycles. The van der Waals surface area contributed by atoms with Crippen molar-refractivity contribution in [1.82, 2.24) is 0 Å². The first kappa shape index (κ1) is 20.1. The number of aliphatic carboxylic acids is 1. The summed E-state index contributed by atoms with van der Waals surface area (Å²) >= 11 is 0. The van der Waals surface area contributed by atoms with Crippen molar-refractivity contribution in [2.75, 3.05) is 0 Å². The van der Waals surface area contributed by atoms with Gasteiger partial charge in [-0.25, -0.2) is 0 Å². The van der Waals surface area contributed by atoms with Gasteiger partial charge in [-0.1, -0.05) is 96.6 Å². The minimum Gasteiger partial charge on any atom is -0.545 e. The number of carboxylic acids is 1. The number of carbonyl (C=O) groups is 1. The SMILES string of the molecule is Cc1ccc(/C=C/C(=O)[O-])cc1.c1ccc(C[NH2+]Cc2ccccc2)cc1. The van der Waals surface area contributed by atoms with Gasteiger partial charge in [0, 0.05) is 11.1 Å². The van der Waals surface area contributed by atoms with Crippen LogP contribution in [0.1, 0.15) is 22.3 Å². The molecule has 138 valence electrons. The fraction of sp³-hybridized carbons (Fsp3) is 0.125. The van der Waals surface area contributed by atoms with Crippen molar-refractivity contribution < 1.29 is 15.2 Å². The number of benzene rings is 3. The summed E-state index contributed by atoms with van der Waals surface area (Å²) in [7, 11) is 0. The van der Waals surface area contributed by atoms with E-state index in [9.17, 15) is 9.90 Å². The van der Waals surface area contributed by atoms with Gasteiger partial charge in [0.05, 0.1) is 5.97 Å². The Morgan fingerprint density at radius 2 is 1.30 bits per heavy atom. The number of aryl methyl sites for hydroxylation is 1. The molecule has 0 atom stereocenters. The number of rotatable bonds is 6. The summed E-state index contributed by atoms with van der Waals surface area (Å²) < 4.78 is 0. The van der Waals surface area contributed by atoms with Gasteiger partial charge in [-0.2, -0.15) is 0 Å². The van der Waals surface area contributed by atoms with Gasteiger partial charge < -0.3 is 15.2 Å². The third-order valence-corrected chi connectivity index (χ3v) is 3.93. The summed E-state index contributed by atoms with van der Waals surface area (Å²) in [4.78, 5) is 10.0. The van der Waals surface area contributed by atoms with Crippen LogP contribution in [0.25, 0.3) is 6.08 Å². The van der Waals surface area contributed by atoms with Gasteiger partial charge in [-0.3, -0.25) is 0 Å². The molecule has 0 radical (unpaired) electrons. The fourth-order valence-electron chi connectivity index (χ4n) is 2.48. The maximum atomic E-state index is 10.0. The molecule has 0 aromatic heterocycles. The van der Waals surface area contributed by atoms with Crippen LogP contribution in [0.15, 0.2) is 91.0 Å². The van der Waals surface area contributed by atoms with Crippen molar-refractivity contribution in [1.29, 1.82) is 0 Å². The Morgan fingerprint density at radius 3 is 1.74 bits per heavy atom. The van der Waals surface area contributed by atoms with E-state index < -0.39 is 5.97 Å². The minimum absolute atomic E-state index is 0.866. The monoisotopic (exact) mass is 359 g/mol. The molecule has 3 aromatic rings. The average molecular weight is 359 g/mol. The van der Waals surface area contributed by atoms with E-state index in [0.29, 0.717) is 0 Å². The number of carbonyl (C=O) groups excluding carboxylic acids is 1. The van der Waals surface area contributed by atoms with Crippen LogP contribution in [0.2, 0.25) is 0 Å². The van der Waals surface area contributed by atoms with Crippen LogP contribution in [0.5, 0.6) is 0 Å². The lowest BCUT2D eigenvalue weighted by molar-refractivity contribution is -0.686. The van der Waals surface area contributed by atoms with Crippen molar-refractivity contribution in [2.45, 2.75) is 20.0 Å². The molecule has 0 aliphatic heterocycles. The standard InChI is InChI=1S/C14H15N.C10H10O2/c1-3-7-13(8-4-1)11-15-12-14-9-5-2-6-10-14;1-8-2-4-9(5-3-8)6-7-10(11)12/h1-10,15H,11-12H2;2-7H,1H3,(H,11,12)/b;7-6+. The molecule has 27 heavy (non-hydrogen) atoms. The summed E-state index contributed by atoms with van der Waals surface area (Å²) in [6, 6.07) is 28.7. The van der Waals surface area contributed by atoms with Gasteiger partial charge in [0.2, 0.25) is 0 Å². The van der Waals surface area contributed by atoms with Crippen molar-refractivity contribution in [3.8, 4) is 0 Å². The molecule has 0 spiro atoms. The molecule has 0 saturated carbocycles. The second kappa shape index (κ2) is 11.4. The summed E-state index contributed by atoms with van der Waals surface area (Å²) in [6.45, 7) is 4.08. The Kier molecular flexibility index (Phi) is 8.54. The molecule has 0 aliphatic carbocycles. The molecule has 0 saturated heterocycles. The van der Waals surface area contributed by atoms with Crippen LogP contribution >= 0.6 is 0 Å². The van der Waals surface area contributed by atoms with Crippen molar-refractivity contribution in [3.05, 3.63) is 113 Å². The predicted molar refractivity (Wildman–Crippen MR) is 107 cm³/mol. The molecule has 0 amide bonds. The average Bonchev–Trinajstić information content (AvgIpc) is 2.70. The molecule has 3 nitrogen and oxygen atoms in total. The van der Waals surface area contributed by atoms with Crippen LogP contribution in [0.3, 0.4) is 0 Å². The van der Waals surface area contributed by atoms with Gasteiger partial charge in [0.1, 0.15) is 13.1 Å². The highest BCUT2D eigenvalue weighted by atomic mass is 16.4. The smallest absolute Gasteiger partial charge is 0.101 e. The quantitative estimate of drug-likeness (QED) is 0.688. The maximum Gasteiger partial charge on any atom is 0.101 e. The van der Waals surface area contributed by atoms with E-state index in [1.165, 1.54) is 17.2 Å². The lowest BCUT2D eigenvalue weighted by Crippen LogP contribution is -2.80. The fourth-order valence-corrected chi connectivity index (χ4v) is 2.48. The highest BCUT2D eigenvalue weighted by molar-refractivity contribution is 5.83. The molecule has 3 heteroatoms. The minimum atomic E-state index is -1.17. The van der Waals surface area contributed by atoms with Gasteiger partial charge in [-0.15, -0.1) is 0 Å². The van der Waals surface area contributed by atoms with E-state index in [1.54, 1.807) is 0 Å². The second-order valence-corrected chi connectivity index (χ2v) is 6.23. The predicted octanol–water partition coefficient (Wildman–Crippen LogP) is 2.71.